The van der Waals surface area contributed by atoms with Gasteiger partial charge in [0, 0.05) is 31.6 Å². The Bertz CT molecular complexity index is 842. The van der Waals surface area contributed by atoms with E-state index in [1.165, 1.54) is 4.90 Å². The maximum absolute atomic E-state index is 12.7. The van der Waals surface area contributed by atoms with Crippen LogP contribution in [0.4, 0.5) is 0 Å². The number of rotatable bonds is 9. The van der Waals surface area contributed by atoms with Gasteiger partial charge in [-0.05, 0) is 30.2 Å². The summed E-state index contributed by atoms with van der Waals surface area (Å²) < 4.78 is 17.2. The van der Waals surface area contributed by atoms with E-state index in [9.17, 15) is 14.4 Å². The molecule has 4 rings (SSSR count). The largest absolute Gasteiger partial charge is 0.486 e. The summed E-state index contributed by atoms with van der Waals surface area (Å²) in [5.74, 6) is -1.49. The lowest BCUT2D eigenvalue weighted by molar-refractivity contribution is -0.163. The average molecular weight is 419 g/mol. The van der Waals surface area contributed by atoms with Gasteiger partial charge >= 0.3 is 5.97 Å². The molecule has 2 amide bonds. The molecule has 0 radical (unpaired) electrons. The van der Waals surface area contributed by atoms with Gasteiger partial charge in [-0.3, -0.25) is 14.4 Å². The number of primary amides is 1. The van der Waals surface area contributed by atoms with E-state index < -0.39 is 17.9 Å². The Morgan fingerprint density at radius 2 is 2.07 bits per heavy atom. The Hall–Kier alpha value is -2.69. The molecule has 3 aliphatic heterocycles. The molecule has 30 heavy (non-hydrogen) atoms. The molecule has 0 bridgehead atoms. The van der Waals surface area contributed by atoms with Crippen molar-refractivity contribution in [2.75, 3.05) is 26.3 Å². The number of hydrogen-bond donors (Lipinski definition) is 3. The zero-order chi connectivity index (χ0) is 21.3. The van der Waals surface area contributed by atoms with Crippen molar-refractivity contribution in [3.63, 3.8) is 0 Å². The minimum absolute atomic E-state index is 0.0224. The molecule has 162 valence electrons. The van der Waals surface area contributed by atoms with Crippen LogP contribution in [0, 0.1) is 0 Å². The molecule has 0 saturated carbocycles. The molecule has 10 heteroatoms. The van der Waals surface area contributed by atoms with E-state index in [-0.39, 0.29) is 43.6 Å². The lowest BCUT2D eigenvalue weighted by Crippen LogP contribution is -2.45. The van der Waals surface area contributed by atoms with Crippen LogP contribution in [0.2, 0.25) is 0 Å². The highest BCUT2D eigenvalue weighted by molar-refractivity contribution is 6.01. The number of benzene rings is 1. The summed E-state index contributed by atoms with van der Waals surface area (Å²) in [5, 5.41) is 12.2. The maximum Gasteiger partial charge on any atom is 0.303 e. The Kier molecular flexibility index (Phi) is 5.89. The first-order chi connectivity index (χ1) is 14.4. The molecule has 0 aliphatic carbocycles. The smallest absolute Gasteiger partial charge is 0.303 e. The van der Waals surface area contributed by atoms with Crippen LogP contribution >= 0.6 is 0 Å². The highest BCUT2D eigenvalue weighted by atomic mass is 16.6. The van der Waals surface area contributed by atoms with Crippen LogP contribution in [-0.4, -0.2) is 78.4 Å². The minimum Gasteiger partial charge on any atom is -0.486 e. The first kappa shape index (κ1) is 20.6. The molecule has 2 fully saturated rings. The second-order valence-electron chi connectivity index (χ2n) is 7.75. The predicted octanol–water partition coefficient (Wildman–Crippen LogP) is -0.504. The first-order valence-electron chi connectivity index (χ1n) is 9.98. The van der Waals surface area contributed by atoms with Crippen molar-refractivity contribution in [2.45, 2.75) is 43.7 Å². The fourth-order valence-corrected chi connectivity index (χ4v) is 3.96. The molecule has 0 aromatic heterocycles. The van der Waals surface area contributed by atoms with Crippen LogP contribution in [0.3, 0.4) is 0 Å². The number of ether oxygens (including phenoxy) is 3. The third-order valence-corrected chi connectivity index (χ3v) is 5.61. The molecule has 2 saturated heterocycles. The summed E-state index contributed by atoms with van der Waals surface area (Å²) >= 11 is 0. The van der Waals surface area contributed by atoms with E-state index in [0.717, 1.165) is 5.56 Å². The van der Waals surface area contributed by atoms with E-state index >= 15 is 0 Å². The highest BCUT2D eigenvalue weighted by Gasteiger charge is 2.37. The summed E-state index contributed by atoms with van der Waals surface area (Å²) in [6, 6.07) is 4.20. The molecule has 0 unspecified atom stereocenters. The summed E-state index contributed by atoms with van der Waals surface area (Å²) in [4.78, 5) is 36.8. The van der Waals surface area contributed by atoms with Crippen LogP contribution in [0.5, 0.6) is 5.75 Å². The Labute approximate surface area is 173 Å². The van der Waals surface area contributed by atoms with Gasteiger partial charge in [-0.15, -0.1) is 0 Å². The predicted molar refractivity (Wildman–Crippen MR) is 103 cm³/mol. The van der Waals surface area contributed by atoms with Crippen LogP contribution in [0.1, 0.15) is 28.8 Å². The molecule has 1 aromatic carbocycles. The number of carbonyl (C=O) groups is 3. The quantitative estimate of drug-likeness (QED) is 0.486. The zero-order valence-electron chi connectivity index (χ0n) is 16.4. The monoisotopic (exact) mass is 419 g/mol. The summed E-state index contributed by atoms with van der Waals surface area (Å²) in [7, 11) is 0. The molecule has 0 spiro atoms. The van der Waals surface area contributed by atoms with Crippen molar-refractivity contribution in [2.24, 2.45) is 5.73 Å². The fraction of sp³-hybridized carbons (Fsp3) is 0.550. The number of carboxylic acid groups (broad SMARTS) is 1. The van der Waals surface area contributed by atoms with Crippen LogP contribution in [0.25, 0.3) is 0 Å². The third-order valence-electron chi connectivity index (χ3n) is 5.61. The van der Waals surface area contributed by atoms with E-state index in [0.29, 0.717) is 37.6 Å². The molecule has 1 aromatic rings. The number of nitrogens with zero attached hydrogens (tertiary/aromatic N) is 1. The van der Waals surface area contributed by atoms with Crippen LogP contribution < -0.4 is 15.8 Å². The van der Waals surface area contributed by atoms with E-state index in [1.54, 1.807) is 18.2 Å². The molecule has 3 heterocycles. The summed E-state index contributed by atoms with van der Waals surface area (Å²) in [6.07, 6.45) is -0.412. The van der Waals surface area contributed by atoms with Crippen molar-refractivity contribution in [1.82, 2.24) is 10.2 Å². The van der Waals surface area contributed by atoms with E-state index in [4.69, 9.17) is 25.1 Å². The molecule has 3 aliphatic rings. The number of nitrogens with two attached hydrogens (primary N) is 1. The molecule has 3 atom stereocenters. The summed E-state index contributed by atoms with van der Waals surface area (Å²) in [6.45, 7) is 2.73. The van der Waals surface area contributed by atoms with E-state index in [2.05, 4.69) is 5.32 Å². The SMILES string of the molecule is NC(=O)[C@H](CCC(=O)O)N1Cc2cc(O[C@H]3CNC[C@@H]3OC3COC3)ccc2C1=O. The lowest BCUT2D eigenvalue weighted by atomic mass is 10.1. The fourth-order valence-electron chi connectivity index (χ4n) is 3.96. The Morgan fingerprint density at radius 3 is 2.73 bits per heavy atom. The average Bonchev–Trinajstić information content (AvgIpc) is 3.22. The van der Waals surface area contributed by atoms with Crippen molar-refractivity contribution >= 4 is 17.8 Å². The van der Waals surface area contributed by atoms with Gasteiger partial charge in [0.2, 0.25) is 5.91 Å². The van der Waals surface area contributed by atoms with Gasteiger partial charge in [-0.2, -0.15) is 0 Å². The summed E-state index contributed by atoms with van der Waals surface area (Å²) in [5.41, 5.74) is 6.61. The number of carbonyl (C=O) groups excluding carboxylic acids is 2. The van der Waals surface area contributed by atoms with Crippen molar-refractivity contribution in [3.8, 4) is 5.75 Å². The first-order valence-corrected chi connectivity index (χ1v) is 9.98. The van der Waals surface area contributed by atoms with Gasteiger partial charge in [0.25, 0.3) is 5.91 Å². The van der Waals surface area contributed by atoms with Crippen molar-refractivity contribution in [3.05, 3.63) is 29.3 Å². The molecule has 10 nitrogen and oxygen atoms in total. The molecular formula is C20H25N3O7. The van der Waals surface area contributed by atoms with Gasteiger partial charge in [0.05, 0.1) is 13.2 Å². The number of amides is 2. The van der Waals surface area contributed by atoms with Crippen LogP contribution in [0.15, 0.2) is 18.2 Å². The van der Waals surface area contributed by atoms with Gasteiger partial charge < -0.3 is 35.3 Å². The Morgan fingerprint density at radius 1 is 1.30 bits per heavy atom. The van der Waals surface area contributed by atoms with Gasteiger partial charge in [0.1, 0.15) is 30.1 Å². The number of aliphatic carboxylic acids is 1. The van der Waals surface area contributed by atoms with Crippen LogP contribution in [-0.2, 0) is 25.6 Å². The second-order valence-corrected chi connectivity index (χ2v) is 7.75. The number of carboxylic acids is 1. The van der Waals surface area contributed by atoms with Crippen molar-refractivity contribution < 1.29 is 33.7 Å². The van der Waals surface area contributed by atoms with Gasteiger partial charge in [-0.1, -0.05) is 0 Å². The number of nitrogens with one attached hydrogen (secondary N) is 1. The third kappa shape index (κ3) is 4.25. The highest BCUT2D eigenvalue weighted by Crippen LogP contribution is 2.30. The minimum atomic E-state index is -1.04. The second kappa shape index (κ2) is 8.58. The maximum atomic E-state index is 12.7. The van der Waals surface area contributed by atoms with Gasteiger partial charge in [-0.25, -0.2) is 0 Å². The number of fused-ring (bicyclic) bond motifs is 1. The topological polar surface area (TPSA) is 140 Å². The van der Waals surface area contributed by atoms with Crippen molar-refractivity contribution in [1.29, 1.82) is 0 Å². The number of hydrogen-bond acceptors (Lipinski definition) is 7. The van der Waals surface area contributed by atoms with Gasteiger partial charge in [0.15, 0.2) is 0 Å². The normalized spacial score (nSPS) is 24.4. The molecule has 4 N–H and O–H groups in total. The lowest BCUT2D eigenvalue weighted by Gasteiger charge is -2.31. The van der Waals surface area contributed by atoms with E-state index in [1.807, 2.05) is 0 Å². The molecular weight excluding hydrogens is 394 g/mol. The zero-order valence-corrected chi connectivity index (χ0v) is 16.4. The Balaban J connectivity index is 1.43. The standard InChI is InChI=1S/C20H25N3O7/c21-19(26)15(3-4-18(24)25)23-8-11-5-12(1-2-14(11)20(23)27)29-16-6-22-7-17(16)30-13-9-28-10-13/h1-2,5,13,15-17,22H,3-4,6-10H2,(H2,21,26)(H,24,25)/t15-,16-,17-/m0/s1.